The Labute approximate surface area is 190 Å². The summed E-state index contributed by atoms with van der Waals surface area (Å²) < 4.78 is 14.1. The third-order valence-corrected chi connectivity index (χ3v) is 7.96. The number of fused-ring (bicyclic) bond motifs is 1. The van der Waals surface area contributed by atoms with Crippen LogP contribution in [0.25, 0.3) is 21.6 Å². The molecule has 5 heterocycles. The quantitative estimate of drug-likeness (QED) is 0.612. The van der Waals surface area contributed by atoms with Gasteiger partial charge in [-0.25, -0.2) is 15.0 Å². The number of carbonyl (C=O) groups excluding carboxylic acids is 1. The summed E-state index contributed by atoms with van der Waals surface area (Å²) in [7, 11) is 0. The molecule has 0 aromatic carbocycles. The van der Waals surface area contributed by atoms with Crippen molar-refractivity contribution in [3.8, 4) is 16.5 Å². The second-order valence-electron chi connectivity index (χ2n) is 9.10. The summed E-state index contributed by atoms with van der Waals surface area (Å²) in [5, 5.41) is 4.06. The van der Waals surface area contributed by atoms with Crippen molar-refractivity contribution < 1.29 is 14.3 Å². The second-order valence-corrected chi connectivity index (χ2v) is 10.2. The number of thiazole rings is 1. The van der Waals surface area contributed by atoms with E-state index in [1.165, 1.54) is 0 Å². The van der Waals surface area contributed by atoms with Crippen LogP contribution >= 0.6 is 11.3 Å². The van der Waals surface area contributed by atoms with Gasteiger partial charge in [0.2, 0.25) is 11.8 Å². The normalized spacial score (nSPS) is 22.9. The van der Waals surface area contributed by atoms with Crippen molar-refractivity contribution >= 4 is 28.3 Å². The van der Waals surface area contributed by atoms with E-state index in [0.29, 0.717) is 30.8 Å². The van der Waals surface area contributed by atoms with E-state index in [0.717, 1.165) is 65.5 Å². The Hall–Kier alpha value is -2.52. The minimum atomic E-state index is -0.123. The standard InChI is InChI=1S/C23H27N5O3S/c1-13(15-8-20(29)24-10-15)31-22-21-18(26-12-28(21)16-2-3-16)9-17(27-22)19-11-25-23(32-19)14-4-6-30-7-5-14/h9,11-16H,2-8,10H2,1H3,(H,24,29)/t13-,15?/m1/s1. The largest absolute Gasteiger partial charge is 0.473 e. The predicted molar refractivity (Wildman–Crippen MR) is 121 cm³/mol. The topological polar surface area (TPSA) is 91.2 Å². The molecule has 0 radical (unpaired) electrons. The van der Waals surface area contributed by atoms with Crippen molar-refractivity contribution in [2.75, 3.05) is 19.8 Å². The first-order valence-corrected chi connectivity index (χ1v) is 12.3. The number of carbonyl (C=O) groups is 1. The molecule has 2 atom stereocenters. The monoisotopic (exact) mass is 453 g/mol. The van der Waals surface area contributed by atoms with Crippen LogP contribution in [0.1, 0.15) is 56.0 Å². The maximum absolute atomic E-state index is 11.7. The van der Waals surface area contributed by atoms with Gasteiger partial charge in [-0.1, -0.05) is 0 Å². The van der Waals surface area contributed by atoms with Gasteiger partial charge in [-0.3, -0.25) is 4.79 Å². The summed E-state index contributed by atoms with van der Waals surface area (Å²) in [6.45, 7) is 4.28. The van der Waals surface area contributed by atoms with Gasteiger partial charge in [0.1, 0.15) is 11.6 Å². The van der Waals surface area contributed by atoms with Crippen molar-refractivity contribution in [1.82, 2.24) is 24.8 Å². The maximum Gasteiger partial charge on any atom is 0.241 e. The number of rotatable bonds is 6. The van der Waals surface area contributed by atoms with Crippen molar-refractivity contribution in [3.63, 3.8) is 0 Å². The highest BCUT2D eigenvalue weighted by atomic mass is 32.1. The molecular formula is C23H27N5O3S. The highest BCUT2D eigenvalue weighted by Crippen LogP contribution is 2.41. The molecule has 2 saturated heterocycles. The molecule has 3 fully saturated rings. The minimum Gasteiger partial charge on any atom is -0.473 e. The third-order valence-electron chi connectivity index (χ3n) is 6.78. The van der Waals surface area contributed by atoms with E-state index in [4.69, 9.17) is 19.4 Å². The molecule has 3 aromatic heterocycles. The summed E-state index contributed by atoms with van der Waals surface area (Å²) in [4.78, 5) is 27.1. The van der Waals surface area contributed by atoms with Crippen LogP contribution in [0.4, 0.5) is 0 Å². The second kappa shape index (κ2) is 8.12. The Morgan fingerprint density at radius 3 is 2.84 bits per heavy atom. The number of hydrogen-bond donors (Lipinski definition) is 1. The first-order valence-electron chi connectivity index (χ1n) is 11.5. The number of nitrogens with zero attached hydrogens (tertiary/aromatic N) is 4. The van der Waals surface area contributed by atoms with Gasteiger partial charge in [0.15, 0.2) is 0 Å². The Morgan fingerprint density at radius 2 is 2.09 bits per heavy atom. The van der Waals surface area contributed by atoms with Gasteiger partial charge in [-0.15, -0.1) is 11.3 Å². The molecular weight excluding hydrogens is 426 g/mol. The van der Waals surface area contributed by atoms with Crippen LogP contribution in [0.3, 0.4) is 0 Å². The highest BCUT2D eigenvalue weighted by molar-refractivity contribution is 7.15. The number of imidazole rings is 1. The lowest BCUT2D eigenvalue weighted by Gasteiger charge is -2.20. The molecule has 3 aliphatic rings. The Kier molecular flexibility index (Phi) is 5.10. The number of nitrogens with one attached hydrogen (secondary N) is 1. The molecule has 1 N–H and O–H groups in total. The molecule has 2 aliphatic heterocycles. The Bertz CT molecular complexity index is 1150. The van der Waals surface area contributed by atoms with Crippen LogP contribution in [-0.4, -0.2) is 51.3 Å². The van der Waals surface area contributed by atoms with Gasteiger partial charge in [0.05, 0.1) is 27.4 Å². The van der Waals surface area contributed by atoms with Gasteiger partial charge < -0.3 is 19.4 Å². The molecule has 0 bridgehead atoms. The summed E-state index contributed by atoms with van der Waals surface area (Å²) in [5.74, 6) is 1.30. The van der Waals surface area contributed by atoms with Crippen LogP contribution in [0.2, 0.25) is 0 Å². The number of hydrogen-bond acceptors (Lipinski definition) is 7. The Balaban J connectivity index is 1.35. The van der Waals surface area contributed by atoms with Gasteiger partial charge in [-0.2, -0.15) is 0 Å². The van der Waals surface area contributed by atoms with E-state index in [1.807, 2.05) is 25.5 Å². The SMILES string of the molecule is C[C@@H](Oc1nc(-c2cnc(C3CCOCC3)s2)cc2ncn(C3CC3)c12)C1CNC(=O)C1. The van der Waals surface area contributed by atoms with Crippen LogP contribution < -0.4 is 10.1 Å². The van der Waals surface area contributed by atoms with Gasteiger partial charge in [-0.05, 0) is 38.7 Å². The molecule has 168 valence electrons. The van der Waals surface area contributed by atoms with Gasteiger partial charge in [0, 0.05) is 50.3 Å². The fraction of sp³-hybridized carbons (Fsp3) is 0.565. The predicted octanol–water partition coefficient (Wildman–Crippen LogP) is 3.69. The molecule has 32 heavy (non-hydrogen) atoms. The van der Waals surface area contributed by atoms with Crippen LogP contribution in [0, 0.1) is 5.92 Å². The molecule has 1 unspecified atom stereocenters. The van der Waals surface area contributed by atoms with Crippen molar-refractivity contribution in [2.45, 2.75) is 57.1 Å². The lowest BCUT2D eigenvalue weighted by Crippen LogP contribution is -2.26. The minimum absolute atomic E-state index is 0.0885. The Morgan fingerprint density at radius 1 is 1.25 bits per heavy atom. The molecule has 1 saturated carbocycles. The average molecular weight is 454 g/mol. The van der Waals surface area contributed by atoms with E-state index in [2.05, 4.69) is 14.9 Å². The molecule has 6 rings (SSSR count). The summed E-state index contributed by atoms with van der Waals surface area (Å²) >= 11 is 1.71. The van der Waals surface area contributed by atoms with Crippen LogP contribution in [0.5, 0.6) is 5.88 Å². The molecule has 3 aromatic rings. The zero-order chi connectivity index (χ0) is 21.7. The average Bonchev–Trinajstić information content (AvgIpc) is 3.19. The first-order chi connectivity index (χ1) is 15.7. The summed E-state index contributed by atoms with van der Waals surface area (Å²) in [6.07, 6.45) is 8.56. The van der Waals surface area contributed by atoms with Crippen LogP contribution in [-0.2, 0) is 9.53 Å². The van der Waals surface area contributed by atoms with Gasteiger partial charge >= 0.3 is 0 Å². The van der Waals surface area contributed by atoms with E-state index in [1.54, 1.807) is 11.3 Å². The van der Waals surface area contributed by atoms with Crippen molar-refractivity contribution in [2.24, 2.45) is 5.92 Å². The molecule has 1 amide bonds. The van der Waals surface area contributed by atoms with Crippen molar-refractivity contribution in [3.05, 3.63) is 23.6 Å². The van der Waals surface area contributed by atoms with Gasteiger partial charge in [0.25, 0.3) is 0 Å². The lowest BCUT2D eigenvalue weighted by atomic mass is 10.0. The van der Waals surface area contributed by atoms with E-state index in [9.17, 15) is 4.79 Å². The number of pyridine rings is 1. The summed E-state index contributed by atoms with van der Waals surface area (Å²) in [6, 6.07) is 2.52. The first kappa shape index (κ1) is 20.1. The molecule has 8 nitrogen and oxygen atoms in total. The molecule has 0 spiro atoms. The number of aromatic nitrogens is 4. The maximum atomic E-state index is 11.7. The molecule has 9 heteroatoms. The van der Waals surface area contributed by atoms with E-state index in [-0.39, 0.29) is 17.9 Å². The highest BCUT2D eigenvalue weighted by Gasteiger charge is 2.31. The van der Waals surface area contributed by atoms with E-state index < -0.39 is 0 Å². The fourth-order valence-electron chi connectivity index (χ4n) is 4.63. The molecule has 1 aliphatic carbocycles. The number of ether oxygens (including phenoxy) is 2. The number of amides is 1. The smallest absolute Gasteiger partial charge is 0.241 e. The van der Waals surface area contributed by atoms with Crippen molar-refractivity contribution in [1.29, 1.82) is 0 Å². The fourth-order valence-corrected chi connectivity index (χ4v) is 5.68. The zero-order valence-electron chi connectivity index (χ0n) is 18.1. The van der Waals surface area contributed by atoms with E-state index >= 15 is 0 Å². The lowest BCUT2D eigenvalue weighted by molar-refractivity contribution is -0.119. The third kappa shape index (κ3) is 3.77. The summed E-state index contributed by atoms with van der Waals surface area (Å²) in [5.41, 5.74) is 2.69. The van der Waals surface area contributed by atoms with Crippen LogP contribution in [0.15, 0.2) is 18.6 Å². The zero-order valence-corrected chi connectivity index (χ0v) is 18.9.